The van der Waals surface area contributed by atoms with E-state index in [1.54, 1.807) is 78.9 Å². The van der Waals surface area contributed by atoms with Crippen LogP contribution in [0, 0.1) is 10.1 Å². The molecule has 1 heterocycles. The minimum Gasteiger partial charge on any atom is -0.488 e. The average molecular weight is 614 g/mol. The van der Waals surface area contributed by atoms with Crippen LogP contribution in [0.3, 0.4) is 0 Å². The van der Waals surface area contributed by atoms with Crippen molar-refractivity contribution in [2.24, 2.45) is 0 Å². The molecular weight excluding hydrogens is 594 g/mol. The number of halogens is 1. The maximum absolute atomic E-state index is 13.6. The number of carbonyl (C=O) groups excluding carboxylic acids is 2. The molecule has 4 aromatic carbocycles. The van der Waals surface area contributed by atoms with Crippen LogP contribution in [-0.4, -0.2) is 21.9 Å². The molecule has 0 saturated carbocycles. The zero-order chi connectivity index (χ0) is 28.2. The molecule has 1 aliphatic rings. The highest BCUT2D eigenvalue weighted by Gasteiger charge is 2.41. The Morgan fingerprint density at radius 2 is 1.38 bits per heavy atom. The molecule has 1 saturated heterocycles. The number of thiocarbonyl (C=S) groups is 1. The third kappa shape index (κ3) is 5.54. The number of rotatable bonds is 7. The third-order valence-corrected chi connectivity index (χ3v) is 7.07. The van der Waals surface area contributed by atoms with Gasteiger partial charge in [-0.3, -0.25) is 29.5 Å². The first-order chi connectivity index (χ1) is 19.3. The molecule has 0 spiro atoms. The Bertz CT molecular complexity index is 1580. The van der Waals surface area contributed by atoms with Crippen molar-refractivity contribution in [3.05, 3.63) is 134 Å². The van der Waals surface area contributed by atoms with Crippen molar-refractivity contribution in [3.63, 3.8) is 0 Å². The summed E-state index contributed by atoms with van der Waals surface area (Å²) in [4.78, 5) is 40.4. The molecule has 0 radical (unpaired) electrons. The second-order valence-electron chi connectivity index (χ2n) is 8.69. The van der Waals surface area contributed by atoms with Gasteiger partial charge >= 0.3 is 0 Å². The highest BCUT2D eigenvalue weighted by Crippen LogP contribution is 2.32. The average Bonchev–Trinajstić information content (AvgIpc) is 2.96. The number of carbonyl (C=O) groups is 2. The first-order valence-electron chi connectivity index (χ1n) is 12.0. The van der Waals surface area contributed by atoms with Gasteiger partial charge in [-0.15, -0.1) is 0 Å². The van der Waals surface area contributed by atoms with Crippen LogP contribution in [0.15, 0.2) is 113 Å². The van der Waals surface area contributed by atoms with Crippen LogP contribution >= 0.6 is 28.1 Å². The summed E-state index contributed by atoms with van der Waals surface area (Å²) in [5.41, 5.74) is 2.42. The van der Waals surface area contributed by atoms with Gasteiger partial charge in [0, 0.05) is 12.1 Å². The number of non-ortho nitro benzene ring substituents is 1. The summed E-state index contributed by atoms with van der Waals surface area (Å²) in [5, 5.41) is 10.9. The molecule has 5 rings (SSSR count). The Morgan fingerprint density at radius 3 is 1.88 bits per heavy atom. The van der Waals surface area contributed by atoms with Gasteiger partial charge in [-0.05, 0) is 93.9 Å². The predicted molar refractivity (Wildman–Crippen MR) is 160 cm³/mol. The molecule has 0 unspecified atom stereocenters. The topological polar surface area (TPSA) is 93.0 Å². The number of amides is 2. The van der Waals surface area contributed by atoms with Crippen LogP contribution in [0.1, 0.15) is 11.1 Å². The first kappa shape index (κ1) is 26.9. The quantitative estimate of drug-likeness (QED) is 0.0758. The number of hydrogen-bond acceptors (Lipinski definition) is 6. The Labute approximate surface area is 243 Å². The minimum atomic E-state index is -0.525. The van der Waals surface area contributed by atoms with Crippen molar-refractivity contribution in [2.45, 2.75) is 6.61 Å². The van der Waals surface area contributed by atoms with Crippen LogP contribution in [0.2, 0.25) is 0 Å². The van der Waals surface area contributed by atoms with Crippen LogP contribution in [-0.2, 0) is 16.2 Å². The fourth-order valence-corrected chi connectivity index (χ4v) is 4.99. The molecular formula is C30H20BrN3O5S. The SMILES string of the molecule is O=C1C(=Cc2ccc(OCc3ccc([N+](=O)[O-])cc3)c(Br)c2)C(=O)N(c2ccccc2)C(=S)N1c1ccccc1. The molecule has 0 bridgehead atoms. The lowest BCUT2D eigenvalue weighted by Gasteiger charge is -2.36. The number of benzene rings is 4. The number of hydrogen-bond donors (Lipinski definition) is 0. The maximum atomic E-state index is 13.6. The van der Waals surface area contributed by atoms with E-state index in [0.29, 0.717) is 27.2 Å². The van der Waals surface area contributed by atoms with Gasteiger partial charge in [0.2, 0.25) is 0 Å². The molecule has 1 fully saturated rings. The summed E-state index contributed by atoms with van der Waals surface area (Å²) in [7, 11) is 0. The minimum absolute atomic E-state index is 0.00606. The normalized spacial score (nSPS) is 13.4. The van der Waals surface area contributed by atoms with Crippen LogP contribution in [0.25, 0.3) is 6.08 Å². The van der Waals surface area contributed by atoms with E-state index in [1.165, 1.54) is 28.0 Å². The number of nitro groups is 1. The van der Waals surface area contributed by atoms with E-state index in [9.17, 15) is 19.7 Å². The first-order valence-corrected chi connectivity index (χ1v) is 13.2. The van der Waals surface area contributed by atoms with Crippen molar-refractivity contribution in [1.29, 1.82) is 0 Å². The summed E-state index contributed by atoms with van der Waals surface area (Å²) in [6, 6.07) is 29.2. The number of anilines is 2. The van der Waals surface area contributed by atoms with Gasteiger partial charge in [0.1, 0.15) is 17.9 Å². The van der Waals surface area contributed by atoms with Gasteiger partial charge in [0.05, 0.1) is 20.8 Å². The van der Waals surface area contributed by atoms with Gasteiger partial charge in [-0.1, -0.05) is 42.5 Å². The number of para-hydroxylation sites is 2. The Morgan fingerprint density at radius 1 is 0.825 bits per heavy atom. The fraction of sp³-hybridized carbons (Fsp3) is 0.0333. The summed E-state index contributed by atoms with van der Waals surface area (Å²) in [5.74, 6) is -0.522. The monoisotopic (exact) mass is 613 g/mol. The molecule has 2 amide bonds. The number of ether oxygens (including phenoxy) is 1. The van der Waals surface area contributed by atoms with Gasteiger partial charge in [-0.2, -0.15) is 0 Å². The van der Waals surface area contributed by atoms with E-state index in [0.717, 1.165) is 5.56 Å². The smallest absolute Gasteiger partial charge is 0.270 e. The van der Waals surface area contributed by atoms with E-state index in [2.05, 4.69) is 15.9 Å². The van der Waals surface area contributed by atoms with Gasteiger partial charge in [0.25, 0.3) is 17.5 Å². The Balaban J connectivity index is 1.44. The summed E-state index contributed by atoms with van der Waals surface area (Å²) in [6.45, 7) is 0.198. The van der Waals surface area contributed by atoms with E-state index < -0.39 is 16.7 Å². The van der Waals surface area contributed by atoms with Crippen molar-refractivity contribution < 1.29 is 19.2 Å². The molecule has 40 heavy (non-hydrogen) atoms. The van der Waals surface area contributed by atoms with Crippen molar-refractivity contribution in [2.75, 3.05) is 9.80 Å². The largest absolute Gasteiger partial charge is 0.488 e. The Kier molecular flexibility index (Phi) is 7.81. The molecule has 1 aliphatic heterocycles. The van der Waals surface area contributed by atoms with E-state index in [-0.39, 0.29) is 23.0 Å². The van der Waals surface area contributed by atoms with E-state index in [4.69, 9.17) is 17.0 Å². The molecule has 0 aliphatic carbocycles. The zero-order valence-corrected chi connectivity index (χ0v) is 23.2. The lowest BCUT2D eigenvalue weighted by Crippen LogP contribution is -2.56. The van der Waals surface area contributed by atoms with Crippen molar-refractivity contribution in [1.82, 2.24) is 0 Å². The molecule has 8 nitrogen and oxygen atoms in total. The summed E-state index contributed by atoms with van der Waals surface area (Å²) < 4.78 is 6.48. The Hall–Kier alpha value is -4.67. The fourth-order valence-electron chi connectivity index (χ4n) is 4.10. The maximum Gasteiger partial charge on any atom is 0.270 e. The van der Waals surface area contributed by atoms with Crippen molar-refractivity contribution in [3.8, 4) is 5.75 Å². The number of nitro benzene ring substituents is 1. The molecule has 198 valence electrons. The van der Waals surface area contributed by atoms with Gasteiger partial charge in [-0.25, -0.2) is 0 Å². The van der Waals surface area contributed by atoms with E-state index >= 15 is 0 Å². The lowest BCUT2D eigenvalue weighted by atomic mass is 10.0. The second-order valence-corrected chi connectivity index (χ2v) is 9.91. The standard InChI is InChI=1S/C30H20BrN3O5S/c31-26-18-21(13-16-27(26)39-19-20-11-14-24(15-12-20)34(37)38)17-25-28(35)32(22-7-3-1-4-8-22)30(40)33(29(25)36)23-9-5-2-6-10-23/h1-18H,19H2. The molecule has 0 aromatic heterocycles. The lowest BCUT2D eigenvalue weighted by molar-refractivity contribution is -0.384. The summed E-state index contributed by atoms with van der Waals surface area (Å²) in [6.07, 6.45) is 1.53. The van der Waals surface area contributed by atoms with Crippen LogP contribution in [0.5, 0.6) is 5.75 Å². The summed E-state index contributed by atoms with van der Waals surface area (Å²) >= 11 is 9.14. The van der Waals surface area contributed by atoms with Crippen LogP contribution < -0.4 is 14.5 Å². The highest BCUT2D eigenvalue weighted by molar-refractivity contribution is 9.10. The van der Waals surface area contributed by atoms with E-state index in [1.807, 2.05) is 12.1 Å². The zero-order valence-electron chi connectivity index (χ0n) is 20.8. The van der Waals surface area contributed by atoms with Crippen LogP contribution in [0.4, 0.5) is 17.1 Å². The molecule has 0 atom stereocenters. The number of nitrogens with zero attached hydrogens (tertiary/aromatic N) is 3. The molecule has 10 heteroatoms. The van der Waals surface area contributed by atoms with Gasteiger partial charge in [0.15, 0.2) is 5.11 Å². The highest BCUT2D eigenvalue weighted by atomic mass is 79.9. The molecule has 0 N–H and O–H groups in total. The van der Waals surface area contributed by atoms with Gasteiger partial charge < -0.3 is 4.74 Å². The second kappa shape index (κ2) is 11.6. The third-order valence-electron chi connectivity index (χ3n) is 6.09. The van der Waals surface area contributed by atoms with Crippen molar-refractivity contribution >= 4 is 68.2 Å². The molecule has 4 aromatic rings. The predicted octanol–water partition coefficient (Wildman–Crippen LogP) is 6.68.